The van der Waals surface area contributed by atoms with Crippen molar-refractivity contribution in [3.8, 4) is 0 Å². The summed E-state index contributed by atoms with van der Waals surface area (Å²) in [5.74, 6) is -2.42. The van der Waals surface area contributed by atoms with Crippen LogP contribution < -0.4 is 44.6 Å². The smallest absolute Gasteiger partial charge is 0.412 e. The van der Waals surface area contributed by atoms with E-state index < -0.39 is 35.2 Å². The number of carbonyl (C=O) groups excluding carboxylic acids is 3. The first-order valence-corrected chi connectivity index (χ1v) is 31.4. The number of aromatic carboxylic acids is 1. The van der Waals surface area contributed by atoms with E-state index in [2.05, 4.69) is 19.2 Å². The molecule has 10 heterocycles. The summed E-state index contributed by atoms with van der Waals surface area (Å²) in [5, 5.41) is 11.4. The lowest BCUT2D eigenvalue weighted by molar-refractivity contribution is -0.174. The first kappa shape index (κ1) is 66.7. The third kappa shape index (κ3) is 14.5. The number of nitrogens with two attached hydrogens (primary N) is 2. The molecule has 0 radical (unpaired) electrons. The summed E-state index contributed by atoms with van der Waals surface area (Å²) < 4.78 is 51.1. The van der Waals surface area contributed by atoms with Gasteiger partial charge in [-0.15, -0.1) is 0 Å². The fourth-order valence-electron chi connectivity index (χ4n) is 14.0. The molecule has 10 fully saturated rings. The summed E-state index contributed by atoms with van der Waals surface area (Å²) in [5.41, 5.74) is 12.7. The lowest BCUT2D eigenvalue weighted by Gasteiger charge is -2.53. The number of anilines is 2. The molecule has 10 aliphatic rings. The van der Waals surface area contributed by atoms with Crippen LogP contribution in [-0.2, 0) is 44.5 Å². The van der Waals surface area contributed by atoms with Gasteiger partial charge in [0.2, 0.25) is 0 Å². The number of carboxylic acids is 1. The highest BCUT2D eigenvalue weighted by Crippen LogP contribution is 2.55. The van der Waals surface area contributed by atoms with E-state index in [0.717, 1.165) is 123 Å². The molecule has 0 atom stereocenters. The molecule has 0 unspecified atom stereocenters. The van der Waals surface area contributed by atoms with Crippen molar-refractivity contribution in [2.24, 2.45) is 32.8 Å². The van der Waals surface area contributed by atoms with Gasteiger partial charge < -0.3 is 77.2 Å². The van der Waals surface area contributed by atoms with Gasteiger partial charge in [-0.1, -0.05) is 30.3 Å². The summed E-state index contributed by atoms with van der Waals surface area (Å²) in [6.45, 7) is 8.57. The van der Waals surface area contributed by atoms with Gasteiger partial charge in [-0.2, -0.15) is 0 Å². The number of hydrogen-bond acceptors (Lipinski definition) is 20. The molecule has 5 aliphatic heterocycles. The molecule has 5 aromatic heterocycles. The molecule has 6 aromatic rings. The van der Waals surface area contributed by atoms with Crippen molar-refractivity contribution < 1.29 is 66.6 Å². The lowest BCUT2D eigenvalue weighted by atomic mass is 9.64. The summed E-state index contributed by atoms with van der Waals surface area (Å²) in [7, 11) is 2.48. The molecule has 500 valence electrons. The third-order valence-corrected chi connectivity index (χ3v) is 19.5. The predicted octanol–water partition coefficient (Wildman–Crippen LogP) is 6.17. The second-order valence-electron chi connectivity index (χ2n) is 26.7. The Bertz CT molecular complexity index is 4000. The zero-order valence-electron chi connectivity index (χ0n) is 52.5. The van der Waals surface area contributed by atoms with E-state index >= 15 is 0 Å². The second kappa shape index (κ2) is 28.0. The number of hydrogen-bond donors (Lipinski definition) is 4. The normalized spacial score (nSPS) is 22.9. The number of amides is 1. The Morgan fingerprint density at radius 3 is 1.28 bits per heavy atom. The Morgan fingerprint density at radius 1 is 0.489 bits per heavy atom. The number of esters is 2. The molecule has 5 saturated carbocycles. The SMILES string of the molecule is COC(=O)c1cccn(C2CC3(COC3)C2)c1=O.COC(=O)c1cccoc1=O.NC1CC2(COC2)C1.Nc1cccn(C2CC3(COC3)C2)c1=O.O=C(Nc1cccn(C2CC3(COC3)C2)c1=O)OCc1ccccc1.O=C(O)c1cccn(C2CC3(COC3)C2)c1=O. The van der Waals surface area contributed by atoms with E-state index in [1.807, 2.05) is 42.6 Å². The van der Waals surface area contributed by atoms with Crippen LogP contribution in [0.2, 0.25) is 0 Å². The van der Waals surface area contributed by atoms with Crippen molar-refractivity contribution in [1.29, 1.82) is 0 Å². The number of rotatable bonds is 10. The molecule has 94 heavy (non-hydrogen) atoms. The number of nitrogens with one attached hydrogen (secondary N) is 1. The maximum absolute atomic E-state index is 12.6. The van der Waals surface area contributed by atoms with E-state index in [0.29, 0.717) is 34.0 Å². The van der Waals surface area contributed by atoms with Crippen LogP contribution in [0.1, 0.15) is 125 Å². The fraction of sp³-hybridized carbons (Fsp3) is 0.485. The van der Waals surface area contributed by atoms with E-state index in [-0.39, 0.29) is 74.6 Å². The van der Waals surface area contributed by atoms with Gasteiger partial charge in [-0.25, -0.2) is 24.0 Å². The first-order chi connectivity index (χ1) is 45.2. The Labute approximate surface area is 539 Å². The van der Waals surface area contributed by atoms with Gasteiger partial charge in [-0.05, 0) is 130 Å². The highest BCUT2D eigenvalue weighted by Gasteiger charge is 2.54. The molecule has 26 heteroatoms. The van der Waals surface area contributed by atoms with Crippen molar-refractivity contribution in [3.05, 3.63) is 196 Å². The molecular weight excluding hydrogens is 1220 g/mol. The van der Waals surface area contributed by atoms with Crippen LogP contribution in [0.3, 0.4) is 0 Å². The number of aromatic nitrogens is 4. The first-order valence-electron chi connectivity index (χ1n) is 31.4. The predicted molar refractivity (Wildman–Crippen MR) is 339 cm³/mol. The number of benzene rings is 1. The van der Waals surface area contributed by atoms with Gasteiger partial charge in [0.15, 0.2) is 0 Å². The molecule has 0 bridgehead atoms. The number of ether oxygens (including phenoxy) is 8. The van der Waals surface area contributed by atoms with E-state index in [4.69, 9.17) is 45.0 Å². The lowest BCUT2D eigenvalue weighted by Crippen LogP contribution is -2.57. The van der Waals surface area contributed by atoms with Crippen molar-refractivity contribution in [3.63, 3.8) is 0 Å². The van der Waals surface area contributed by atoms with Crippen LogP contribution in [0.15, 0.2) is 150 Å². The van der Waals surface area contributed by atoms with Crippen molar-refractivity contribution >= 4 is 35.4 Å². The number of carboxylic acid groups (broad SMARTS) is 1. The maximum Gasteiger partial charge on any atom is 0.412 e. The minimum absolute atomic E-state index is 0.0578. The zero-order valence-corrected chi connectivity index (χ0v) is 52.5. The number of carbonyl (C=O) groups is 4. The Kier molecular flexibility index (Phi) is 19.9. The van der Waals surface area contributed by atoms with Crippen LogP contribution in [0.25, 0.3) is 0 Å². The monoisotopic (exact) mass is 1300 g/mol. The van der Waals surface area contributed by atoms with Gasteiger partial charge in [0.1, 0.15) is 29.0 Å². The summed E-state index contributed by atoms with van der Waals surface area (Å²) in [6.07, 6.45) is 17.7. The van der Waals surface area contributed by atoms with Crippen LogP contribution >= 0.6 is 0 Å². The number of methoxy groups -OCH3 is 2. The number of nitrogens with zero attached hydrogens (tertiary/aromatic N) is 4. The van der Waals surface area contributed by atoms with Crippen LogP contribution in [0.5, 0.6) is 0 Å². The molecule has 26 nitrogen and oxygen atoms in total. The van der Waals surface area contributed by atoms with Gasteiger partial charge in [-0.3, -0.25) is 24.5 Å². The quantitative estimate of drug-likeness (QED) is 0.0880. The average Bonchev–Trinajstić information content (AvgIpc) is 0.767. The molecule has 1 amide bonds. The van der Waals surface area contributed by atoms with E-state index in [9.17, 15) is 43.2 Å². The molecular formula is C68H79N7O19. The maximum atomic E-state index is 12.6. The highest BCUT2D eigenvalue weighted by atomic mass is 16.6. The van der Waals surface area contributed by atoms with E-state index in [1.165, 1.54) is 57.6 Å². The Morgan fingerprint density at radius 2 is 0.872 bits per heavy atom. The van der Waals surface area contributed by atoms with Crippen molar-refractivity contribution in [2.45, 2.75) is 101 Å². The average molecular weight is 1300 g/mol. The van der Waals surface area contributed by atoms with E-state index in [1.54, 1.807) is 67.2 Å². The van der Waals surface area contributed by atoms with Crippen LogP contribution in [0, 0.1) is 27.1 Å². The van der Waals surface area contributed by atoms with Crippen LogP contribution in [0.4, 0.5) is 16.2 Å². The van der Waals surface area contributed by atoms with Crippen molar-refractivity contribution in [2.75, 3.05) is 91.3 Å². The third-order valence-electron chi connectivity index (χ3n) is 19.5. The van der Waals surface area contributed by atoms with Gasteiger partial charge in [0, 0.05) is 82.1 Å². The second-order valence-corrected chi connectivity index (χ2v) is 26.7. The minimum atomic E-state index is -1.16. The van der Waals surface area contributed by atoms with Crippen molar-refractivity contribution in [1.82, 2.24) is 18.3 Å². The van der Waals surface area contributed by atoms with Gasteiger partial charge in [0.05, 0.1) is 92.2 Å². The molecule has 16 rings (SSSR count). The summed E-state index contributed by atoms with van der Waals surface area (Å²) >= 11 is 0. The summed E-state index contributed by atoms with van der Waals surface area (Å²) in [4.78, 5) is 104. The Hall–Kier alpha value is -8.79. The molecule has 5 saturated heterocycles. The van der Waals surface area contributed by atoms with Gasteiger partial charge >= 0.3 is 29.6 Å². The number of nitrogen functional groups attached to an aromatic ring is 1. The van der Waals surface area contributed by atoms with Crippen LogP contribution in [-0.4, -0.2) is 134 Å². The fourth-order valence-corrected chi connectivity index (χ4v) is 14.0. The standard InChI is InChI=1S/C19H20N2O4.C13H15NO4.C12H13NO4.C11H14N2O2.C7H6O4.C6H11NO/c22-17-16(20-18(23)25-11-14-5-2-1-3-6-14)7-4-8-21(17)15-9-19(10-15)12-24-13-19;1-17-12(16)10-3-2-4-14(11(10)15)9-5-13(6-9)7-18-8-13;14-10-9(11(15)16)2-1-3-13(10)8-4-12(5-8)6-17-7-12;12-9-2-1-3-13(10(9)14)8-4-11(5-8)6-15-7-11;1-10-6(8)5-3-2-4-11-7(5)9;7-5-1-6(2-5)3-8-4-6/h1-8,15H,9-13H2,(H,20,23);2-4,9H,5-8H2,1H3;1-3,8H,4-7H2,(H,15,16);1-3,8H,4-7,12H2;2-4H,1H3;5H,1-4,7H2. The molecule has 5 spiro atoms. The summed E-state index contributed by atoms with van der Waals surface area (Å²) in [6, 6.07) is 26.6. The minimum Gasteiger partial charge on any atom is -0.477 e. The largest absolute Gasteiger partial charge is 0.477 e. The zero-order chi connectivity index (χ0) is 66.4. The highest BCUT2D eigenvalue weighted by molar-refractivity contribution is 5.89. The Balaban J connectivity index is 0.000000119. The molecule has 1 aromatic carbocycles. The number of pyridine rings is 4. The molecule has 6 N–H and O–H groups in total. The molecule has 5 aliphatic carbocycles. The van der Waals surface area contributed by atoms with Gasteiger partial charge in [0.25, 0.3) is 22.2 Å². The topological polar surface area (TPSA) is 345 Å².